The Balaban J connectivity index is 1.84. The van der Waals surface area contributed by atoms with E-state index < -0.39 is 25.4 Å². The van der Waals surface area contributed by atoms with E-state index in [1.165, 1.54) is 6.08 Å². The minimum absolute atomic E-state index is 0.114. The van der Waals surface area contributed by atoms with Crippen LogP contribution in [0.2, 0.25) is 0 Å². The number of rotatable bonds is 7. The van der Waals surface area contributed by atoms with Crippen molar-refractivity contribution in [3.63, 3.8) is 0 Å². The van der Waals surface area contributed by atoms with Gasteiger partial charge in [-0.05, 0) is 24.1 Å². The highest BCUT2D eigenvalue weighted by molar-refractivity contribution is 5.60. The molecular formula is C19H23F3N4O2. The summed E-state index contributed by atoms with van der Waals surface area (Å²) in [6, 6.07) is 5.22. The standard InChI is InChI=1S/C19H23F3N4O2/c1-3-17(27)26-10-6-13(12-26)14-4-5-16(28-11-8-19(20,21)22)23-18(14)15-7-9-25(2)24-15/h3-5,7,9,13,17,27H,1,6,8,10-12H2,2H3. The Morgan fingerprint density at radius 1 is 1.39 bits per heavy atom. The van der Waals surface area contributed by atoms with Gasteiger partial charge in [-0.3, -0.25) is 9.58 Å². The number of pyridine rings is 1. The second-order valence-corrected chi connectivity index (χ2v) is 6.81. The third kappa shape index (κ3) is 4.90. The zero-order valence-electron chi connectivity index (χ0n) is 15.6. The summed E-state index contributed by atoms with van der Waals surface area (Å²) in [6.07, 6.45) is -1.93. The molecule has 3 rings (SSSR count). The van der Waals surface area contributed by atoms with Gasteiger partial charge in [-0.25, -0.2) is 4.98 Å². The summed E-state index contributed by atoms with van der Waals surface area (Å²) in [7, 11) is 1.78. The molecule has 0 spiro atoms. The summed E-state index contributed by atoms with van der Waals surface area (Å²) in [5.74, 6) is 0.248. The Hall–Kier alpha value is -2.39. The van der Waals surface area contributed by atoms with Crippen molar-refractivity contribution in [2.75, 3.05) is 19.7 Å². The lowest BCUT2D eigenvalue weighted by molar-refractivity contribution is -0.139. The van der Waals surface area contributed by atoms with Crippen LogP contribution in [-0.4, -0.2) is 56.9 Å². The van der Waals surface area contributed by atoms with Crippen LogP contribution in [0.15, 0.2) is 37.1 Å². The molecule has 2 atom stereocenters. The third-order valence-electron chi connectivity index (χ3n) is 4.74. The smallest absolute Gasteiger partial charge is 0.392 e. The number of aliphatic hydroxyl groups is 1. The lowest BCUT2D eigenvalue weighted by Gasteiger charge is -2.20. The van der Waals surface area contributed by atoms with E-state index in [2.05, 4.69) is 16.7 Å². The number of aryl methyl sites for hydroxylation is 1. The molecule has 0 aliphatic carbocycles. The zero-order valence-corrected chi connectivity index (χ0v) is 15.6. The van der Waals surface area contributed by atoms with Crippen molar-refractivity contribution in [1.82, 2.24) is 19.7 Å². The fourth-order valence-corrected chi connectivity index (χ4v) is 3.31. The maximum absolute atomic E-state index is 12.4. The van der Waals surface area contributed by atoms with Crippen molar-refractivity contribution >= 4 is 0 Å². The third-order valence-corrected chi connectivity index (χ3v) is 4.74. The van der Waals surface area contributed by atoms with Gasteiger partial charge < -0.3 is 9.84 Å². The van der Waals surface area contributed by atoms with Gasteiger partial charge in [0.05, 0.1) is 18.7 Å². The zero-order chi connectivity index (χ0) is 20.3. The van der Waals surface area contributed by atoms with Gasteiger partial charge in [-0.2, -0.15) is 18.3 Å². The predicted octanol–water partition coefficient (Wildman–Crippen LogP) is 3.11. The molecule has 1 N–H and O–H groups in total. The highest BCUT2D eigenvalue weighted by Gasteiger charge is 2.30. The summed E-state index contributed by atoms with van der Waals surface area (Å²) >= 11 is 0. The first kappa shape index (κ1) is 20.3. The molecule has 0 aromatic carbocycles. The minimum Gasteiger partial charge on any atom is -0.477 e. The summed E-state index contributed by atoms with van der Waals surface area (Å²) in [4.78, 5) is 6.35. The molecule has 0 saturated carbocycles. The fourth-order valence-electron chi connectivity index (χ4n) is 3.31. The number of hydrogen-bond acceptors (Lipinski definition) is 5. The number of aromatic nitrogens is 3. The molecule has 1 saturated heterocycles. The first-order chi connectivity index (χ1) is 13.3. The van der Waals surface area contributed by atoms with Gasteiger partial charge in [0.15, 0.2) is 0 Å². The van der Waals surface area contributed by atoms with Crippen LogP contribution in [0.1, 0.15) is 24.3 Å². The van der Waals surface area contributed by atoms with Gasteiger partial charge in [0.25, 0.3) is 0 Å². The Morgan fingerprint density at radius 2 is 2.18 bits per heavy atom. The van der Waals surface area contributed by atoms with E-state index in [9.17, 15) is 18.3 Å². The quantitative estimate of drug-likeness (QED) is 0.729. The summed E-state index contributed by atoms with van der Waals surface area (Å²) in [6.45, 7) is 4.47. The molecule has 3 heterocycles. The van der Waals surface area contributed by atoms with Crippen LogP contribution in [0.4, 0.5) is 13.2 Å². The number of aliphatic hydroxyl groups excluding tert-OH is 1. The van der Waals surface area contributed by atoms with Crippen molar-refractivity contribution in [3.8, 4) is 17.3 Å². The van der Waals surface area contributed by atoms with Crippen LogP contribution in [0.25, 0.3) is 11.4 Å². The summed E-state index contributed by atoms with van der Waals surface area (Å²) in [5, 5.41) is 14.4. The number of alkyl halides is 3. The summed E-state index contributed by atoms with van der Waals surface area (Å²) in [5.41, 5.74) is 2.15. The monoisotopic (exact) mass is 396 g/mol. The average Bonchev–Trinajstić information content (AvgIpc) is 3.29. The molecule has 1 fully saturated rings. The van der Waals surface area contributed by atoms with Crippen LogP contribution in [0, 0.1) is 0 Å². The lowest BCUT2D eigenvalue weighted by Crippen LogP contribution is -2.31. The molecule has 0 radical (unpaired) electrons. The molecule has 152 valence electrons. The fraction of sp³-hybridized carbons (Fsp3) is 0.474. The molecular weight excluding hydrogens is 373 g/mol. The normalized spacial score (nSPS) is 19.0. The van der Waals surface area contributed by atoms with Crippen LogP contribution < -0.4 is 4.74 Å². The van der Waals surface area contributed by atoms with E-state index in [0.29, 0.717) is 24.5 Å². The van der Waals surface area contributed by atoms with E-state index >= 15 is 0 Å². The Kier molecular flexibility index (Phi) is 6.04. The van der Waals surface area contributed by atoms with Gasteiger partial charge in [0.1, 0.15) is 11.9 Å². The first-order valence-electron chi connectivity index (χ1n) is 9.02. The van der Waals surface area contributed by atoms with Crippen molar-refractivity contribution in [3.05, 3.63) is 42.6 Å². The second-order valence-electron chi connectivity index (χ2n) is 6.81. The molecule has 0 amide bonds. The number of likely N-dealkylation sites (tertiary alicyclic amines) is 1. The SMILES string of the molecule is C=CC(O)N1CCC(c2ccc(OCCC(F)(F)F)nc2-c2ccn(C)n2)C1. The van der Waals surface area contributed by atoms with Crippen LogP contribution >= 0.6 is 0 Å². The van der Waals surface area contributed by atoms with Gasteiger partial charge in [-0.1, -0.05) is 12.6 Å². The molecule has 2 unspecified atom stereocenters. The van der Waals surface area contributed by atoms with Crippen molar-refractivity contribution < 1.29 is 23.0 Å². The minimum atomic E-state index is -4.27. The highest BCUT2D eigenvalue weighted by atomic mass is 19.4. The van der Waals surface area contributed by atoms with E-state index in [-0.39, 0.29) is 11.8 Å². The van der Waals surface area contributed by atoms with E-state index in [1.807, 2.05) is 11.0 Å². The Labute approximate surface area is 161 Å². The highest BCUT2D eigenvalue weighted by Crippen LogP contribution is 2.35. The Bertz CT molecular complexity index is 822. The molecule has 28 heavy (non-hydrogen) atoms. The van der Waals surface area contributed by atoms with Gasteiger partial charge >= 0.3 is 6.18 Å². The molecule has 9 heteroatoms. The van der Waals surface area contributed by atoms with E-state index in [0.717, 1.165) is 12.0 Å². The van der Waals surface area contributed by atoms with Crippen molar-refractivity contribution in [2.45, 2.75) is 31.2 Å². The van der Waals surface area contributed by atoms with Gasteiger partial charge in [-0.15, -0.1) is 0 Å². The average molecular weight is 396 g/mol. The first-order valence-corrected chi connectivity index (χ1v) is 9.02. The van der Waals surface area contributed by atoms with E-state index in [1.54, 1.807) is 30.1 Å². The van der Waals surface area contributed by atoms with Crippen molar-refractivity contribution in [1.29, 1.82) is 0 Å². The molecule has 1 aliphatic rings. The number of hydrogen-bond donors (Lipinski definition) is 1. The largest absolute Gasteiger partial charge is 0.477 e. The lowest BCUT2D eigenvalue weighted by atomic mass is 9.95. The topological polar surface area (TPSA) is 63.4 Å². The number of halogens is 3. The van der Waals surface area contributed by atoms with E-state index in [4.69, 9.17) is 4.74 Å². The second kappa shape index (κ2) is 8.32. The predicted molar refractivity (Wildman–Crippen MR) is 97.7 cm³/mol. The van der Waals surface area contributed by atoms with Gasteiger partial charge in [0.2, 0.25) is 5.88 Å². The van der Waals surface area contributed by atoms with Crippen LogP contribution in [0.5, 0.6) is 5.88 Å². The van der Waals surface area contributed by atoms with Crippen LogP contribution in [-0.2, 0) is 7.05 Å². The van der Waals surface area contributed by atoms with Crippen LogP contribution in [0.3, 0.4) is 0 Å². The maximum atomic E-state index is 12.4. The Morgan fingerprint density at radius 3 is 2.82 bits per heavy atom. The number of ether oxygens (including phenoxy) is 1. The maximum Gasteiger partial charge on any atom is 0.392 e. The summed E-state index contributed by atoms with van der Waals surface area (Å²) < 4.78 is 43.9. The number of nitrogens with zero attached hydrogens (tertiary/aromatic N) is 4. The van der Waals surface area contributed by atoms with Crippen molar-refractivity contribution in [2.24, 2.45) is 7.05 Å². The van der Waals surface area contributed by atoms with Gasteiger partial charge in [0, 0.05) is 38.3 Å². The molecule has 2 aromatic heterocycles. The molecule has 1 aliphatic heterocycles. The molecule has 0 bridgehead atoms. The molecule has 6 nitrogen and oxygen atoms in total. The molecule has 2 aromatic rings.